The van der Waals surface area contributed by atoms with Crippen molar-refractivity contribution in [3.05, 3.63) is 64.2 Å². The summed E-state index contributed by atoms with van der Waals surface area (Å²) in [5, 5.41) is 3.37. The molecule has 0 unspecified atom stereocenters. The minimum atomic E-state index is -3.58. The molecule has 0 atom stereocenters. The summed E-state index contributed by atoms with van der Waals surface area (Å²) < 4.78 is 25.5. The van der Waals surface area contributed by atoms with Gasteiger partial charge in [0.25, 0.3) is 0 Å². The molecular weight excluding hydrogens is 384 g/mol. The van der Waals surface area contributed by atoms with Gasteiger partial charge >= 0.3 is 0 Å². The first kappa shape index (κ1) is 21.4. The lowest BCUT2D eigenvalue weighted by Crippen LogP contribution is -2.37. The fourth-order valence-corrected chi connectivity index (χ4v) is 3.77. The fourth-order valence-electron chi connectivity index (χ4n) is 2.85. The second kappa shape index (κ2) is 9.35. The number of carbonyl (C=O) groups excluding carboxylic acids is 1. The van der Waals surface area contributed by atoms with E-state index in [0.717, 1.165) is 40.2 Å². The number of halogens is 1. The molecule has 0 aliphatic heterocycles. The maximum Gasteiger partial charge on any atom is 0.239 e. The number of hydrogen-bond acceptors (Lipinski definition) is 3. The first-order valence-corrected chi connectivity index (χ1v) is 11.1. The molecule has 2 aromatic rings. The molecular formula is C20H25ClN2O3S. The highest BCUT2D eigenvalue weighted by Crippen LogP contribution is 2.23. The van der Waals surface area contributed by atoms with Crippen molar-refractivity contribution in [3.8, 4) is 0 Å². The van der Waals surface area contributed by atoms with Crippen LogP contribution < -0.4 is 5.32 Å². The number of rotatable bonds is 8. The fraction of sp³-hybridized carbons (Fsp3) is 0.350. The summed E-state index contributed by atoms with van der Waals surface area (Å²) in [5.74, 6) is -0.372. The Balaban J connectivity index is 2.22. The minimum absolute atomic E-state index is 0.0436. The Hall–Kier alpha value is -1.89. The van der Waals surface area contributed by atoms with Crippen molar-refractivity contribution in [3.63, 3.8) is 0 Å². The Morgan fingerprint density at radius 1 is 1.00 bits per heavy atom. The zero-order valence-electron chi connectivity index (χ0n) is 15.8. The normalized spacial score (nSPS) is 11.6. The molecule has 0 aromatic heterocycles. The SMILES string of the molecule is CCc1cccc(CC)c1NC(=O)CN(Cc1ccccc1Cl)S(C)(=O)=O. The standard InChI is InChI=1S/C20H25ClN2O3S/c1-4-15-10-8-11-16(5-2)20(15)22-19(24)14-23(27(3,25)26)13-17-9-6-7-12-18(17)21/h6-12H,4-5,13-14H2,1-3H3,(H,22,24). The first-order chi connectivity index (χ1) is 12.8. The Kier molecular flexibility index (Phi) is 7.41. The maximum absolute atomic E-state index is 12.6. The highest BCUT2D eigenvalue weighted by molar-refractivity contribution is 7.88. The predicted molar refractivity (Wildman–Crippen MR) is 111 cm³/mol. The first-order valence-electron chi connectivity index (χ1n) is 8.85. The third kappa shape index (κ3) is 5.79. The summed E-state index contributed by atoms with van der Waals surface area (Å²) >= 11 is 6.14. The van der Waals surface area contributed by atoms with Gasteiger partial charge in [0, 0.05) is 17.3 Å². The number of aryl methyl sites for hydroxylation is 2. The van der Waals surface area contributed by atoms with Crippen LogP contribution in [-0.4, -0.2) is 31.4 Å². The van der Waals surface area contributed by atoms with Crippen LogP contribution in [0.2, 0.25) is 5.02 Å². The molecule has 0 saturated heterocycles. The molecule has 2 rings (SSSR count). The zero-order chi connectivity index (χ0) is 20.0. The summed E-state index contributed by atoms with van der Waals surface area (Å²) in [6.07, 6.45) is 2.65. The van der Waals surface area contributed by atoms with Gasteiger partial charge in [-0.25, -0.2) is 8.42 Å². The Morgan fingerprint density at radius 3 is 2.07 bits per heavy atom. The molecule has 0 spiro atoms. The summed E-state index contributed by atoms with van der Waals surface area (Å²) in [5.41, 5.74) is 3.48. The van der Waals surface area contributed by atoms with Gasteiger partial charge in [0.05, 0.1) is 12.8 Å². The average Bonchev–Trinajstić information content (AvgIpc) is 2.62. The molecule has 27 heavy (non-hydrogen) atoms. The third-order valence-corrected chi connectivity index (χ3v) is 5.92. The van der Waals surface area contributed by atoms with Crippen LogP contribution in [0.4, 0.5) is 5.69 Å². The van der Waals surface area contributed by atoms with Crippen molar-refractivity contribution in [2.24, 2.45) is 0 Å². The van der Waals surface area contributed by atoms with Gasteiger partial charge in [0.15, 0.2) is 0 Å². The van der Waals surface area contributed by atoms with Gasteiger partial charge in [0.1, 0.15) is 0 Å². The lowest BCUT2D eigenvalue weighted by molar-refractivity contribution is -0.116. The van der Waals surface area contributed by atoms with Crippen LogP contribution in [0.1, 0.15) is 30.5 Å². The van der Waals surface area contributed by atoms with E-state index in [9.17, 15) is 13.2 Å². The molecule has 146 valence electrons. The molecule has 1 N–H and O–H groups in total. The number of anilines is 1. The highest BCUT2D eigenvalue weighted by Gasteiger charge is 2.22. The van der Waals surface area contributed by atoms with Gasteiger partial charge in [-0.1, -0.05) is 61.8 Å². The third-order valence-electron chi connectivity index (χ3n) is 4.36. The Morgan fingerprint density at radius 2 is 1.56 bits per heavy atom. The van der Waals surface area contributed by atoms with Crippen LogP contribution in [0.3, 0.4) is 0 Å². The summed E-state index contributed by atoms with van der Waals surface area (Å²) in [6, 6.07) is 12.9. The molecule has 0 saturated carbocycles. The van der Waals surface area contributed by atoms with Crippen molar-refractivity contribution in [2.75, 3.05) is 18.1 Å². The van der Waals surface area contributed by atoms with E-state index < -0.39 is 10.0 Å². The van der Waals surface area contributed by atoms with Gasteiger partial charge < -0.3 is 5.32 Å². The molecule has 0 aliphatic rings. The topological polar surface area (TPSA) is 66.5 Å². The van der Waals surface area contributed by atoms with E-state index in [1.165, 1.54) is 0 Å². The molecule has 7 heteroatoms. The van der Waals surface area contributed by atoms with E-state index in [0.29, 0.717) is 10.6 Å². The molecule has 0 bridgehead atoms. The molecule has 5 nitrogen and oxygen atoms in total. The second-order valence-corrected chi connectivity index (χ2v) is 8.72. The van der Waals surface area contributed by atoms with E-state index in [-0.39, 0.29) is 19.0 Å². The number of sulfonamides is 1. The summed E-state index contributed by atoms with van der Waals surface area (Å²) in [4.78, 5) is 12.6. The van der Waals surface area contributed by atoms with Crippen LogP contribution in [0.15, 0.2) is 42.5 Å². The van der Waals surface area contributed by atoms with E-state index in [4.69, 9.17) is 11.6 Å². The summed E-state index contributed by atoms with van der Waals surface area (Å²) in [6.45, 7) is 3.81. The Labute approximate surface area is 166 Å². The van der Waals surface area contributed by atoms with Gasteiger partial charge in [-0.2, -0.15) is 4.31 Å². The smallest absolute Gasteiger partial charge is 0.239 e. The van der Waals surface area contributed by atoms with Crippen LogP contribution in [0, 0.1) is 0 Å². The van der Waals surface area contributed by atoms with E-state index >= 15 is 0 Å². The quantitative estimate of drug-likeness (QED) is 0.721. The monoisotopic (exact) mass is 408 g/mol. The largest absolute Gasteiger partial charge is 0.324 e. The van der Waals surface area contributed by atoms with Crippen LogP contribution in [0.5, 0.6) is 0 Å². The number of hydrogen-bond donors (Lipinski definition) is 1. The van der Waals surface area contributed by atoms with Crippen molar-refractivity contribution in [1.82, 2.24) is 4.31 Å². The Bertz CT molecular complexity index is 891. The highest BCUT2D eigenvalue weighted by atomic mass is 35.5. The van der Waals surface area contributed by atoms with Crippen molar-refractivity contribution in [1.29, 1.82) is 0 Å². The molecule has 0 radical (unpaired) electrons. The zero-order valence-corrected chi connectivity index (χ0v) is 17.4. The maximum atomic E-state index is 12.6. The van der Waals surface area contributed by atoms with Gasteiger partial charge in [0.2, 0.25) is 15.9 Å². The molecule has 0 aliphatic carbocycles. The van der Waals surface area contributed by atoms with E-state index in [1.54, 1.807) is 24.3 Å². The number of para-hydroxylation sites is 1. The van der Waals surface area contributed by atoms with Gasteiger partial charge in [-0.05, 0) is 35.6 Å². The van der Waals surface area contributed by atoms with Crippen LogP contribution >= 0.6 is 11.6 Å². The van der Waals surface area contributed by atoms with Gasteiger partial charge in [-0.3, -0.25) is 4.79 Å². The predicted octanol–water partition coefficient (Wildman–Crippen LogP) is 3.87. The number of nitrogens with zero attached hydrogens (tertiary/aromatic N) is 1. The van der Waals surface area contributed by atoms with Crippen molar-refractivity contribution in [2.45, 2.75) is 33.2 Å². The summed E-state index contributed by atoms with van der Waals surface area (Å²) in [7, 11) is -3.58. The molecule has 1 amide bonds. The van der Waals surface area contributed by atoms with Crippen LogP contribution in [-0.2, 0) is 34.2 Å². The van der Waals surface area contributed by atoms with E-state index in [1.807, 2.05) is 32.0 Å². The lowest BCUT2D eigenvalue weighted by Gasteiger charge is -2.21. The van der Waals surface area contributed by atoms with E-state index in [2.05, 4.69) is 5.32 Å². The molecule has 0 heterocycles. The van der Waals surface area contributed by atoms with Crippen molar-refractivity contribution < 1.29 is 13.2 Å². The minimum Gasteiger partial charge on any atom is -0.324 e. The second-order valence-electron chi connectivity index (χ2n) is 6.33. The number of benzene rings is 2. The van der Waals surface area contributed by atoms with Crippen molar-refractivity contribution >= 4 is 33.2 Å². The average molecular weight is 409 g/mol. The number of carbonyl (C=O) groups is 1. The molecule has 0 fully saturated rings. The number of nitrogens with one attached hydrogen (secondary N) is 1. The number of amides is 1. The van der Waals surface area contributed by atoms with Gasteiger partial charge in [-0.15, -0.1) is 0 Å². The van der Waals surface area contributed by atoms with Crippen LogP contribution in [0.25, 0.3) is 0 Å². The molecule has 2 aromatic carbocycles. The lowest BCUT2D eigenvalue weighted by atomic mass is 10.0.